The van der Waals surface area contributed by atoms with Gasteiger partial charge in [-0.2, -0.15) is 10.2 Å². The Morgan fingerprint density at radius 1 is 0.508 bits per heavy atom. The monoisotopic (exact) mass is 773 g/mol. The lowest BCUT2D eigenvalue weighted by molar-refractivity contribution is -0.118. The van der Waals surface area contributed by atoms with E-state index in [0.717, 1.165) is 0 Å². The maximum atomic E-state index is 13.6. The smallest absolute Gasteiger partial charge is 0.259 e. The van der Waals surface area contributed by atoms with E-state index in [4.69, 9.17) is 4.42 Å². The highest BCUT2D eigenvalue weighted by Gasteiger charge is 2.31. The van der Waals surface area contributed by atoms with Crippen molar-refractivity contribution in [3.8, 4) is 11.5 Å². The summed E-state index contributed by atoms with van der Waals surface area (Å²) in [5, 5.41) is 14.5. The molecule has 12 heteroatoms. The van der Waals surface area contributed by atoms with Crippen molar-refractivity contribution in [3.63, 3.8) is 0 Å². The van der Waals surface area contributed by atoms with E-state index in [1.165, 1.54) is 0 Å². The van der Waals surface area contributed by atoms with E-state index >= 15 is 0 Å². The molecular formula is C47H31N7O5. The average Bonchev–Trinajstić information content (AvgIpc) is 3.70. The Hall–Kier alpha value is -8.51. The summed E-state index contributed by atoms with van der Waals surface area (Å²) in [7, 11) is 0. The molecule has 1 heterocycles. The van der Waals surface area contributed by atoms with Gasteiger partial charge >= 0.3 is 0 Å². The molecule has 0 atom stereocenters. The first-order valence-electron chi connectivity index (χ1n) is 18.5. The van der Waals surface area contributed by atoms with Gasteiger partial charge in [-0.3, -0.25) is 30.0 Å². The number of hydrazone groups is 2. The molecule has 0 unspecified atom stereocenters. The van der Waals surface area contributed by atoms with E-state index in [1.54, 1.807) is 115 Å². The zero-order valence-electron chi connectivity index (χ0n) is 31.0. The summed E-state index contributed by atoms with van der Waals surface area (Å²) in [6, 6.07) is 44.8. The second kappa shape index (κ2) is 15.6. The summed E-state index contributed by atoms with van der Waals surface area (Å²) >= 11 is 0. The largest absolute Gasteiger partial charge is 0.436 e. The van der Waals surface area contributed by atoms with Crippen LogP contribution in [0, 0.1) is 0 Å². The van der Waals surface area contributed by atoms with E-state index < -0.39 is 23.4 Å². The number of anilines is 4. The fourth-order valence-electron chi connectivity index (χ4n) is 6.66. The third-order valence-electron chi connectivity index (χ3n) is 9.62. The van der Waals surface area contributed by atoms with Gasteiger partial charge in [-0.1, -0.05) is 84.9 Å². The number of Topliss-reactive ketones (excluding diaryl/α,β-unsaturated/α-hetero) is 2. The van der Waals surface area contributed by atoms with Crippen molar-refractivity contribution in [2.45, 2.75) is 0 Å². The molecule has 0 saturated carbocycles. The molecule has 0 spiro atoms. The van der Waals surface area contributed by atoms with Crippen molar-refractivity contribution >= 4 is 80.8 Å². The van der Waals surface area contributed by atoms with Gasteiger partial charge in [-0.25, -0.2) is 4.98 Å². The molecule has 12 nitrogen and oxygen atoms in total. The van der Waals surface area contributed by atoms with Crippen molar-refractivity contribution < 1.29 is 23.6 Å². The van der Waals surface area contributed by atoms with Crippen molar-refractivity contribution in [2.75, 3.05) is 21.5 Å². The number of nitrogens with one attached hydrogen (secondary N) is 4. The minimum absolute atomic E-state index is 0.0205. The van der Waals surface area contributed by atoms with Gasteiger partial charge < -0.3 is 15.1 Å². The van der Waals surface area contributed by atoms with Crippen LogP contribution in [0.1, 0.15) is 22.3 Å². The lowest BCUT2D eigenvalue weighted by atomic mass is 9.89. The molecule has 1 aromatic heterocycles. The molecule has 59 heavy (non-hydrogen) atoms. The Morgan fingerprint density at radius 2 is 0.983 bits per heavy atom. The Bertz CT molecular complexity index is 2950. The molecule has 2 aliphatic carbocycles. The Labute approximate surface area is 336 Å². The number of carbonyl (C=O) groups excluding carboxylic acids is 4. The number of hydrogen-bond acceptors (Lipinski definition) is 10. The lowest BCUT2D eigenvalue weighted by Gasteiger charge is -2.17. The first-order chi connectivity index (χ1) is 28.9. The number of amides is 2. The van der Waals surface area contributed by atoms with Crippen LogP contribution >= 0.6 is 0 Å². The van der Waals surface area contributed by atoms with E-state index in [-0.39, 0.29) is 22.6 Å². The van der Waals surface area contributed by atoms with Crippen LogP contribution in [0.5, 0.6) is 0 Å². The third kappa shape index (κ3) is 7.44. The number of ketones is 2. The molecule has 6 aromatic carbocycles. The summed E-state index contributed by atoms with van der Waals surface area (Å²) in [6.07, 6.45) is 3.16. The number of carbonyl (C=O) groups is 4. The fourth-order valence-corrected chi connectivity index (χ4v) is 6.66. The van der Waals surface area contributed by atoms with Crippen LogP contribution in [0.2, 0.25) is 0 Å². The van der Waals surface area contributed by atoms with E-state index in [9.17, 15) is 19.2 Å². The SMILES string of the molecule is O=C(Nc1ccccc1)C1=Cc2ccccc2C(=NNc2ccc(-c3nc4ccc(NN=C5C(=O)C(C(=O)Nc6ccccc6)=Cc6ccccc65)cc4o3)cc2)C1=O. The van der Waals surface area contributed by atoms with E-state index in [2.05, 4.69) is 36.7 Å². The predicted molar refractivity (Wildman–Crippen MR) is 229 cm³/mol. The molecule has 0 radical (unpaired) electrons. The highest BCUT2D eigenvalue weighted by Crippen LogP contribution is 2.29. The molecular weight excluding hydrogens is 743 g/mol. The number of aromatic nitrogens is 1. The molecule has 2 amide bonds. The number of nitrogens with zero attached hydrogens (tertiary/aromatic N) is 3. The molecule has 7 aromatic rings. The molecule has 0 aliphatic heterocycles. The molecule has 2 aliphatic rings. The van der Waals surface area contributed by atoms with Crippen LogP contribution in [0.25, 0.3) is 34.7 Å². The van der Waals surface area contributed by atoms with Crippen LogP contribution in [0.4, 0.5) is 22.7 Å². The normalized spacial score (nSPS) is 14.6. The molecule has 9 rings (SSSR count). The van der Waals surface area contributed by atoms with Gasteiger partial charge in [0.05, 0.1) is 22.5 Å². The standard InChI is InChI=1S/C47H31N7O5/c55-43-37(45(57)48-31-13-3-1-4-14-31)25-29-11-7-9-17-35(29)41(43)53-51-33-21-19-28(20-22-33)47-50-39-24-23-34(27-40(39)59-47)52-54-42-36-18-10-8-12-30(36)26-38(44(42)56)46(58)49-32-15-5-2-6-16-32/h1-27,51-52H,(H,48,57)(H,49,58). The predicted octanol–water partition coefficient (Wildman–Crippen LogP) is 8.34. The van der Waals surface area contributed by atoms with Crippen LogP contribution < -0.4 is 21.5 Å². The number of para-hydroxylation sites is 2. The highest BCUT2D eigenvalue weighted by molar-refractivity contribution is 6.60. The Kier molecular flexibility index (Phi) is 9.53. The van der Waals surface area contributed by atoms with Crippen molar-refractivity contribution in [1.82, 2.24) is 4.98 Å². The molecule has 0 bridgehead atoms. The summed E-state index contributed by atoms with van der Waals surface area (Å²) in [6.45, 7) is 0. The quantitative estimate of drug-likeness (QED) is 0.0839. The van der Waals surface area contributed by atoms with Crippen LogP contribution in [0.15, 0.2) is 177 Å². The first kappa shape index (κ1) is 36.1. The molecule has 284 valence electrons. The fraction of sp³-hybridized carbons (Fsp3) is 0. The summed E-state index contributed by atoms with van der Waals surface area (Å²) < 4.78 is 6.13. The maximum Gasteiger partial charge on any atom is 0.259 e. The zero-order chi connectivity index (χ0) is 40.3. The van der Waals surface area contributed by atoms with E-state index in [1.807, 2.05) is 48.5 Å². The molecule has 0 fully saturated rings. The van der Waals surface area contributed by atoms with Crippen LogP contribution in [0.3, 0.4) is 0 Å². The zero-order valence-corrected chi connectivity index (χ0v) is 31.0. The van der Waals surface area contributed by atoms with Gasteiger partial charge in [0.25, 0.3) is 11.8 Å². The van der Waals surface area contributed by atoms with Crippen LogP contribution in [-0.2, 0) is 19.2 Å². The second-order valence-electron chi connectivity index (χ2n) is 13.5. The molecule has 0 saturated heterocycles. The minimum atomic E-state index is -0.530. The number of hydrogen-bond donors (Lipinski definition) is 4. The number of benzene rings is 6. The van der Waals surface area contributed by atoms with Crippen molar-refractivity contribution in [1.29, 1.82) is 0 Å². The topological polar surface area (TPSA) is 167 Å². The second-order valence-corrected chi connectivity index (χ2v) is 13.5. The maximum absolute atomic E-state index is 13.6. The van der Waals surface area contributed by atoms with Gasteiger partial charge in [0.15, 0.2) is 5.58 Å². The van der Waals surface area contributed by atoms with Gasteiger partial charge in [0.2, 0.25) is 17.5 Å². The Balaban J connectivity index is 0.906. The third-order valence-corrected chi connectivity index (χ3v) is 9.62. The van der Waals surface area contributed by atoms with Gasteiger partial charge in [-0.15, -0.1) is 0 Å². The Morgan fingerprint density at radius 3 is 1.53 bits per heavy atom. The van der Waals surface area contributed by atoms with E-state index in [0.29, 0.717) is 67.6 Å². The van der Waals surface area contributed by atoms with Gasteiger partial charge in [0, 0.05) is 34.1 Å². The first-order valence-corrected chi connectivity index (χ1v) is 18.5. The summed E-state index contributed by atoms with van der Waals surface area (Å²) in [5.41, 5.74) is 12.7. The highest BCUT2D eigenvalue weighted by atomic mass is 16.3. The van der Waals surface area contributed by atoms with Crippen LogP contribution in [-0.4, -0.2) is 39.8 Å². The van der Waals surface area contributed by atoms with Crippen molar-refractivity contribution in [2.24, 2.45) is 10.2 Å². The summed E-state index contributed by atoms with van der Waals surface area (Å²) in [5.74, 6) is -1.70. The minimum Gasteiger partial charge on any atom is -0.436 e. The average molecular weight is 774 g/mol. The molecule has 4 N–H and O–H groups in total. The van der Waals surface area contributed by atoms with Gasteiger partial charge in [-0.05, 0) is 83.9 Å². The van der Waals surface area contributed by atoms with Crippen molar-refractivity contribution in [3.05, 3.63) is 185 Å². The summed E-state index contributed by atoms with van der Waals surface area (Å²) in [4.78, 5) is 58.3. The number of fused-ring (bicyclic) bond motifs is 3. The number of oxazole rings is 1. The number of rotatable bonds is 9. The van der Waals surface area contributed by atoms with Gasteiger partial charge in [0.1, 0.15) is 16.9 Å². The lowest BCUT2D eigenvalue weighted by Crippen LogP contribution is -2.30.